The number of rotatable bonds is 2. The Morgan fingerprint density at radius 2 is 2.00 bits per heavy atom. The molecule has 0 unspecified atom stereocenters. The maximum Gasteiger partial charge on any atom is 0.288 e. The first-order chi connectivity index (χ1) is 12.9. The second kappa shape index (κ2) is 6.76. The second-order valence-corrected chi connectivity index (χ2v) is 6.98. The summed E-state index contributed by atoms with van der Waals surface area (Å²) in [6.07, 6.45) is 4.15. The fourth-order valence-electron chi connectivity index (χ4n) is 4.11. The van der Waals surface area contributed by atoms with E-state index in [-0.39, 0.29) is 27.9 Å². The van der Waals surface area contributed by atoms with Gasteiger partial charge in [-0.05, 0) is 42.4 Å². The van der Waals surface area contributed by atoms with Gasteiger partial charge in [0.15, 0.2) is 5.41 Å². The van der Waals surface area contributed by atoms with E-state index < -0.39 is 16.3 Å². The van der Waals surface area contributed by atoms with Gasteiger partial charge in [-0.15, -0.1) is 0 Å². The Bertz CT molecular complexity index is 1010. The minimum absolute atomic E-state index is 0.0280. The van der Waals surface area contributed by atoms with Crippen molar-refractivity contribution in [3.05, 3.63) is 61.8 Å². The molecule has 1 aromatic carbocycles. The zero-order valence-electron chi connectivity index (χ0n) is 14.1. The van der Waals surface area contributed by atoms with Gasteiger partial charge in [0.25, 0.3) is 5.69 Å². The van der Waals surface area contributed by atoms with Crippen molar-refractivity contribution in [3.8, 4) is 18.2 Å². The van der Waals surface area contributed by atoms with Crippen molar-refractivity contribution in [1.82, 2.24) is 0 Å². The summed E-state index contributed by atoms with van der Waals surface area (Å²) >= 11 is 5.92. The van der Waals surface area contributed by atoms with E-state index in [9.17, 15) is 25.9 Å². The molecule has 0 bridgehead atoms. The Morgan fingerprint density at radius 1 is 1.30 bits per heavy atom. The topological polar surface area (TPSA) is 141 Å². The minimum atomic E-state index is -1.79. The SMILES string of the molecule is N#CC1=C(N)C(C#N)(C#N)[C@@H](c2ccc(Cl)c([N+](=O)[O-])c2)[C@@H]2CCCC=C12. The van der Waals surface area contributed by atoms with Crippen LogP contribution in [0.4, 0.5) is 5.69 Å². The summed E-state index contributed by atoms with van der Waals surface area (Å²) in [5, 5.41) is 40.7. The molecule has 3 rings (SSSR count). The summed E-state index contributed by atoms with van der Waals surface area (Å²) in [5.41, 5.74) is 5.30. The Morgan fingerprint density at radius 3 is 2.59 bits per heavy atom. The van der Waals surface area contributed by atoms with Crippen molar-refractivity contribution in [2.75, 3.05) is 0 Å². The molecule has 0 radical (unpaired) electrons. The molecule has 2 aliphatic carbocycles. The number of hydrogen-bond acceptors (Lipinski definition) is 6. The van der Waals surface area contributed by atoms with Crippen LogP contribution in [0.15, 0.2) is 41.1 Å². The predicted molar refractivity (Wildman–Crippen MR) is 96.8 cm³/mol. The van der Waals surface area contributed by atoms with Crippen molar-refractivity contribution >= 4 is 17.3 Å². The van der Waals surface area contributed by atoms with Crippen LogP contribution < -0.4 is 5.73 Å². The molecule has 0 spiro atoms. The number of nitro benzene ring substituents is 1. The highest BCUT2D eigenvalue weighted by molar-refractivity contribution is 6.32. The first-order valence-electron chi connectivity index (χ1n) is 8.28. The van der Waals surface area contributed by atoms with Crippen molar-refractivity contribution < 1.29 is 4.92 Å². The molecular weight excluding hydrogens is 366 g/mol. The summed E-state index contributed by atoms with van der Waals surface area (Å²) in [4.78, 5) is 10.7. The smallest absolute Gasteiger partial charge is 0.288 e. The summed E-state index contributed by atoms with van der Waals surface area (Å²) < 4.78 is 0. The lowest BCUT2D eigenvalue weighted by Crippen LogP contribution is -2.42. The lowest BCUT2D eigenvalue weighted by atomic mass is 9.57. The van der Waals surface area contributed by atoms with Crippen molar-refractivity contribution in [3.63, 3.8) is 0 Å². The molecule has 0 saturated heterocycles. The molecule has 1 aromatic rings. The van der Waals surface area contributed by atoms with Gasteiger partial charge in [0, 0.05) is 12.0 Å². The summed E-state index contributed by atoms with van der Waals surface area (Å²) in [5.74, 6) is -1.03. The maximum absolute atomic E-state index is 11.3. The molecule has 0 aromatic heterocycles. The Kier molecular flexibility index (Phi) is 4.62. The van der Waals surface area contributed by atoms with E-state index in [1.54, 1.807) is 6.07 Å². The fraction of sp³-hybridized carbons (Fsp3) is 0.316. The van der Waals surface area contributed by atoms with Crippen LogP contribution in [0.1, 0.15) is 30.7 Å². The van der Waals surface area contributed by atoms with Gasteiger partial charge in [-0.2, -0.15) is 15.8 Å². The van der Waals surface area contributed by atoms with E-state index >= 15 is 0 Å². The summed E-state index contributed by atoms with van der Waals surface area (Å²) in [6.45, 7) is 0. The predicted octanol–water partition coefficient (Wildman–Crippen LogP) is 3.84. The summed E-state index contributed by atoms with van der Waals surface area (Å²) in [6, 6.07) is 10.3. The second-order valence-electron chi connectivity index (χ2n) is 6.57. The third-order valence-corrected chi connectivity index (χ3v) is 5.64. The molecule has 2 atom stereocenters. The van der Waals surface area contributed by atoms with Crippen molar-refractivity contribution in [1.29, 1.82) is 15.8 Å². The first-order valence-corrected chi connectivity index (χ1v) is 8.66. The number of benzene rings is 1. The zero-order chi connectivity index (χ0) is 19.8. The van der Waals surface area contributed by atoms with Gasteiger partial charge in [-0.25, -0.2) is 0 Å². The zero-order valence-corrected chi connectivity index (χ0v) is 14.9. The molecule has 134 valence electrons. The normalized spacial score (nSPS) is 23.3. The van der Waals surface area contributed by atoms with Crippen LogP contribution in [-0.2, 0) is 0 Å². The lowest BCUT2D eigenvalue weighted by molar-refractivity contribution is -0.384. The van der Waals surface area contributed by atoms with Gasteiger partial charge < -0.3 is 5.73 Å². The van der Waals surface area contributed by atoms with E-state index in [2.05, 4.69) is 0 Å². The molecule has 0 saturated carbocycles. The fourth-order valence-corrected chi connectivity index (χ4v) is 4.30. The quantitative estimate of drug-likeness (QED) is 0.611. The number of halogens is 1. The molecule has 7 nitrogen and oxygen atoms in total. The molecule has 0 fully saturated rings. The minimum Gasteiger partial charge on any atom is -0.399 e. The van der Waals surface area contributed by atoms with E-state index in [1.807, 2.05) is 24.3 Å². The molecule has 27 heavy (non-hydrogen) atoms. The molecule has 2 aliphatic rings. The highest BCUT2D eigenvalue weighted by Crippen LogP contribution is 2.56. The molecule has 0 aliphatic heterocycles. The summed E-state index contributed by atoms with van der Waals surface area (Å²) in [7, 11) is 0. The average molecular weight is 380 g/mol. The lowest BCUT2D eigenvalue weighted by Gasteiger charge is -2.43. The standard InChI is InChI=1S/C19H14ClN5O2/c20-15-6-5-11(7-16(15)25(26)27)17-13-4-2-1-3-12(13)14(8-21)18(24)19(17,9-22)10-23/h3,5-7,13,17H,1-2,4,24H2/t13-,17+/m1/s1. The Hall–Kier alpha value is -3.34. The van der Waals surface area contributed by atoms with Crippen LogP contribution in [0.5, 0.6) is 0 Å². The third kappa shape index (κ3) is 2.63. The van der Waals surface area contributed by atoms with Crippen LogP contribution in [-0.4, -0.2) is 4.92 Å². The number of nitro groups is 1. The van der Waals surface area contributed by atoms with Crippen LogP contribution in [0, 0.1) is 55.4 Å². The van der Waals surface area contributed by atoms with Gasteiger partial charge in [0.05, 0.1) is 28.3 Å². The number of allylic oxidation sites excluding steroid dienone is 4. The average Bonchev–Trinajstić information content (AvgIpc) is 2.67. The number of fused-ring (bicyclic) bond motifs is 1. The van der Waals surface area contributed by atoms with E-state index in [4.69, 9.17) is 17.3 Å². The molecule has 0 heterocycles. The first kappa shape index (κ1) is 18.5. The Labute approximate surface area is 160 Å². The number of nitriles is 3. The van der Waals surface area contributed by atoms with Gasteiger partial charge >= 0.3 is 0 Å². The van der Waals surface area contributed by atoms with Gasteiger partial charge in [0.2, 0.25) is 0 Å². The van der Waals surface area contributed by atoms with Gasteiger partial charge in [0.1, 0.15) is 11.1 Å². The highest BCUT2D eigenvalue weighted by atomic mass is 35.5. The molecule has 2 N–H and O–H groups in total. The number of nitrogens with two attached hydrogens (primary N) is 1. The number of nitrogens with zero attached hydrogens (tertiary/aromatic N) is 4. The Balaban J connectivity index is 2.34. The van der Waals surface area contributed by atoms with Crippen LogP contribution >= 0.6 is 11.6 Å². The van der Waals surface area contributed by atoms with Gasteiger partial charge in [-0.3, -0.25) is 10.1 Å². The van der Waals surface area contributed by atoms with E-state index in [1.165, 1.54) is 12.1 Å². The largest absolute Gasteiger partial charge is 0.399 e. The van der Waals surface area contributed by atoms with E-state index in [0.29, 0.717) is 17.6 Å². The van der Waals surface area contributed by atoms with Crippen LogP contribution in [0.25, 0.3) is 0 Å². The third-order valence-electron chi connectivity index (χ3n) is 5.33. The van der Waals surface area contributed by atoms with Crippen molar-refractivity contribution in [2.24, 2.45) is 17.1 Å². The maximum atomic E-state index is 11.3. The van der Waals surface area contributed by atoms with Crippen LogP contribution in [0.3, 0.4) is 0 Å². The molecule has 0 amide bonds. The van der Waals surface area contributed by atoms with Crippen LogP contribution in [0.2, 0.25) is 5.02 Å². The highest BCUT2D eigenvalue weighted by Gasteiger charge is 2.54. The van der Waals surface area contributed by atoms with Crippen molar-refractivity contribution in [2.45, 2.75) is 25.2 Å². The van der Waals surface area contributed by atoms with Gasteiger partial charge in [-0.1, -0.05) is 23.7 Å². The molecular formula is C19H14ClN5O2. The number of hydrogen-bond donors (Lipinski definition) is 1. The molecule has 8 heteroatoms. The monoisotopic (exact) mass is 379 g/mol. The van der Waals surface area contributed by atoms with E-state index in [0.717, 1.165) is 12.8 Å².